The van der Waals surface area contributed by atoms with Crippen molar-refractivity contribution in [1.29, 1.82) is 5.26 Å². The van der Waals surface area contributed by atoms with E-state index in [4.69, 9.17) is 16.7 Å². The van der Waals surface area contributed by atoms with Crippen LogP contribution in [0.1, 0.15) is 17.5 Å². The summed E-state index contributed by atoms with van der Waals surface area (Å²) >= 11 is 0. The highest BCUT2D eigenvalue weighted by Gasteiger charge is 2.15. The van der Waals surface area contributed by atoms with Crippen LogP contribution < -0.4 is 16.8 Å². The molecule has 0 radical (unpaired) electrons. The Kier molecular flexibility index (Phi) is 4.84. The maximum absolute atomic E-state index is 11.5. The normalized spacial score (nSPS) is 11.3. The molecular formula is C12H14N4O2. The van der Waals surface area contributed by atoms with Crippen molar-refractivity contribution in [3.8, 4) is 6.07 Å². The Morgan fingerprint density at radius 2 is 1.94 bits per heavy atom. The molecule has 0 aromatic heterocycles. The summed E-state index contributed by atoms with van der Waals surface area (Å²) < 4.78 is 0. The number of nitriles is 1. The third-order valence-corrected chi connectivity index (χ3v) is 2.31. The van der Waals surface area contributed by atoms with Gasteiger partial charge < -0.3 is 16.8 Å². The summed E-state index contributed by atoms with van der Waals surface area (Å²) in [6, 6.07) is 7.85. The fourth-order valence-electron chi connectivity index (χ4n) is 1.33. The van der Waals surface area contributed by atoms with Gasteiger partial charge in [-0.25, -0.2) is 0 Å². The molecule has 0 aliphatic heterocycles. The van der Waals surface area contributed by atoms with Crippen LogP contribution in [0.15, 0.2) is 24.3 Å². The Labute approximate surface area is 105 Å². The molecule has 1 unspecified atom stereocenters. The lowest BCUT2D eigenvalue weighted by Gasteiger charge is -2.10. The largest absolute Gasteiger partial charge is 0.370 e. The Morgan fingerprint density at radius 1 is 1.33 bits per heavy atom. The van der Waals surface area contributed by atoms with Gasteiger partial charge in [0, 0.05) is 6.54 Å². The first kappa shape index (κ1) is 13.7. The van der Waals surface area contributed by atoms with Crippen LogP contribution in [0.3, 0.4) is 0 Å². The first-order chi connectivity index (χ1) is 8.52. The highest BCUT2D eigenvalue weighted by molar-refractivity contribution is 5.87. The van der Waals surface area contributed by atoms with Crippen molar-refractivity contribution in [2.75, 3.05) is 0 Å². The third kappa shape index (κ3) is 4.23. The van der Waals surface area contributed by atoms with E-state index in [9.17, 15) is 9.59 Å². The van der Waals surface area contributed by atoms with Gasteiger partial charge in [0.05, 0.1) is 24.1 Å². The van der Waals surface area contributed by atoms with Crippen molar-refractivity contribution in [2.45, 2.75) is 19.0 Å². The van der Waals surface area contributed by atoms with E-state index in [1.165, 1.54) is 0 Å². The Bertz CT molecular complexity index is 476. The summed E-state index contributed by atoms with van der Waals surface area (Å²) in [5, 5.41) is 11.2. The van der Waals surface area contributed by atoms with Gasteiger partial charge in [0.2, 0.25) is 11.8 Å². The fourth-order valence-corrected chi connectivity index (χ4v) is 1.33. The zero-order chi connectivity index (χ0) is 13.5. The molecule has 1 rings (SSSR count). The number of hydrogen-bond donors (Lipinski definition) is 3. The summed E-state index contributed by atoms with van der Waals surface area (Å²) in [4.78, 5) is 22.1. The second kappa shape index (κ2) is 6.37. The molecule has 1 aromatic rings. The second-order valence-electron chi connectivity index (χ2n) is 3.80. The molecule has 0 saturated carbocycles. The quantitative estimate of drug-likeness (QED) is 0.640. The number of amides is 2. The van der Waals surface area contributed by atoms with Gasteiger partial charge in [0.25, 0.3) is 0 Å². The van der Waals surface area contributed by atoms with Crippen molar-refractivity contribution in [2.24, 2.45) is 11.5 Å². The van der Waals surface area contributed by atoms with E-state index < -0.39 is 17.9 Å². The van der Waals surface area contributed by atoms with Crippen LogP contribution in [-0.4, -0.2) is 17.9 Å². The molecule has 18 heavy (non-hydrogen) atoms. The number of benzene rings is 1. The molecule has 6 heteroatoms. The van der Waals surface area contributed by atoms with Crippen molar-refractivity contribution >= 4 is 11.8 Å². The lowest BCUT2D eigenvalue weighted by Crippen LogP contribution is -2.42. The van der Waals surface area contributed by atoms with E-state index >= 15 is 0 Å². The zero-order valence-corrected chi connectivity index (χ0v) is 9.72. The monoisotopic (exact) mass is 246 g/mol. The van der Waals surface area contributed by atoms with Crippen molar-refractivity contribution in [1.82, 2.24) is 5.32 Å². The lowest BCUT2D eigenvalue weighted by molar-refractivity contribution is -0.126. The highest BCUT2D eigenvalue weighted by atomic mass is 16.2. The molecule has 2 amide bonds. The number of rotatable bonds is 5. The first-order valence-electron chi connectivity index (χ1n) is 5.33. The fraction of sp³-hybridized carbons (Fsp3) is 0.250. The summed E-state index contributed by atoms with van der Waals surface area (Å²) in [5.74, 6) is -1.05. The van der Waals surface area contributed by atoms with Gasteiger partial charge in [-0.2, -0.15) is 5.26 Å². The predicted molar refractivity (Wildman–Crippen MR) is 64.8 cm³/mol. The number of nitrogens with zero attached hydrogens (tertiary/aromatic N) is 1. The number of nitrogens with one attached hydrogen (secondary N) is 1. The SMILES string of the molecule is N#Cc1ccc(CNC(=O)C(N)CC(N)=O)cc1. The molecule has 0 bridgehead atoms. The van der Waals surface area contributed by atoms with Crippen molar-refractivity contribution in [3.05, 3.63) is 35.4 Å². The zero-order valence-electron chi connectivity index (χ0n) is 9.72. The standard InChI is InChI=1S/C12H14N4O2/c13-6-8-1-3-9(4-2-8)7-16-12(18)10(14)5-11(15)17/h1-4,10H,5,7,14H2,(H2,15,17)(H,16,18). The van der Waals surface area contributed by atoms with Crippen LogP contribution in [0.2, 0.25) is 0 Å². The van der Waals surface area contributed by atoms with E-state index in [2.05, 4.69) is 5.32 Å². The molecule has 0 aliphatic rings. The maximum Gasteiger partial charge on any atom is 0.237 e. The minimum atomic E-state index is -0.930. The molecule has 0 heterocycles. The van der Waals surface area contributed by atoms with Gasteiger partial charge in [-0.05, 0) is 17.7 Å². The highest BCUT2D eigenvalue weighted by Crippen LogP contribution is 2.02. The van der Waals surface area contributed by atoms with Crippen LogP contribution >= 0.6 is 0 Å². The minimum Gasteiger partial charge on any atom is -0.370 e. The van der Waals surface area contributed by atoms with Crippen LogP contribution in [0.5, 0.6) is 0 Å². The summed E-state index contributed by atoms with van der Waals surface area (Å²) in [7, 11) is 0. The average Bonchev–Trinajstić information content (AvgIpc) is 2.35. The predicted octanol–water partition coefficient (Wildman–Crippen LogP) is -0.623. The Hall–Kier alpha value is -2.39. The molecule has 1 aromatic carbocycles. The van der Waals surface area contributed by atoms with Crippen LogP contribution in [-0.2, 0) is 16.1 Å². The van der Waals surface area contributed by atoms with Crippen LogP contribution in [0.4, 0.5) is 0 Å². The third-order valence-electron chi connectivity index (χ3n) is 2.31. The van der Waals surface area contributed by atoms with Crippen molar-refractivity contribution < 1.29 is 9.59 Å². The number of nitrogens with two attached hydrogens (primary N) is 2. The van der Waals surface area contributed by atoms with Gasteiger partial charge in [-0.3, -0.25) is 9.59 Å². The maximum atomic E-state index is 11.5. The lowest BCUT2D eigenvalue weighted by atomic mass is 10.1. The van der Waals surface area contributed by atoms with Gasteiger partial charge in [0.15, 0.2) is 0 Å². The molecular weight excluding hydrogens is 232 g/mol. The van der Waals surface area contributed by atoms with Crippen LogP contribution in [0, 0.1) is 11.3 Å². The first-order valence-corrected chi connectivity index (χ1v) is 5.33. The Balaban J connectivity index is 2.47. The number of primary amides is 1. The average molecular weight is 246 g/mol. The van der Waals surface area contributed by atoms with Gasteiger partial charge in [-0.1, -0.05) is 12.1 Å². The van der Waals surface area contributed by atoms with E-state index in [1.807, 2.05) is 6.07 Å². The van der Waals surface area contributed by atoms with E-state index in [0.29, 0.717) is 5.56 Å². The number of carbonyl (C=O) groups excluding carboxylic acids is 2. The van der Waals surface area contributed by atoms with E-state index in [-0.39, 0.29) is 13.0 Å². The molecule has 5 N–H and O–H groups in total. The topological polar surface area (TPSA) is 122 Å². The smallest absolute Gasteiger partial charge is 0.237 e. The minimum absolute atomic E-state index is 0.181. The van der Waals surface area contributed by atoms with Crippen LogP contribution in [0.25, 0.3) is 0 Å². The van der Waals surface area contributed by atoms with E-state index in [1.54, 1.807) is 24.3 Å². The summed E-state index contributed by atoms with van der Waals surface area (Å²) in [6.45, 7) is 0.289. The molecule has 0 aliphatic carbocycles. The van der Waals surface area contributed by atoms with Gasteiger partial charge in [0.1, 0.15) is 0 Å². The Morgan fingerprint density at radius 3 is 2.44 bits per heavy atom. The molecule has 6 nitrogen and oxygen atoms in total. The molecule has 1 atom stereocenters. The van der Waals surface area contributed by atoms with Gasteiger partial charge >= 0.3 is 0 Å². The second-order valence-corrected chi connectivity index (χ2v) is 3.80. The van der Waals surface area contributed by atoms with Crippen molar-refractivity contribution in [3.63, 3.8) is 0 Å². The molecule has 0 fully saturated rings. The number of carbonyl (C=O) groups is 2. The molecule has 94 valence electrons. The molecule has 0 spiro atoms. The summed E-state index contributed by atoms with van der Waals surface area (Å²) in [6.07, 6.45) is -0.181. The van der Waals surface area contributed by atoms with Gasteiger partial charge in [-0.15, -0.1) is 0 Å². The molecule has 0 saturated heterocycles. The summed E-state index contributed by atoms with van der Waals surface area (Å²) in [5.41, 5.74) is 11.8. The van der Waals surface area contributed by atoms with E-state index in [0.717, 1.165) is 5.56 Å². The number of hydrogen-bond acceptors (Lipinski definition) is 4.